The quantitative estimate of drug-likeness (QED) is 0.297. The number of nitrogens with one attached hydrogen (secondary N) is 1. The van der Waals surface area contributed by atoms with Crippen molar-refractivity contribution >= 4 is 39.5 Å². The first-order valence-electron chi connectivity index (χ1n) is 11.9. The fourth-order valence-electron chi connectivity index (χ4n) is 3.78. The summed E-state index contributed by atoms with van der Waals surface area (Å²) in [6, 6.07) is 24.9. The zero-order valence-electron chi connectivity index (χ0n) is 20.9. The van der Waals surface area contributed by atoms with Crippen molar-refractivity contribution in [2.45, 2.75) is 44.6 Å². The Bertz CT molecular complexity index is 1110. The Labute approximate surface area is 226 Å². The van der Waals surface area contributed by atoms with Crippen LogP contribution in [0.5, 0.6) is 5.75 Å². The molecule has 0 aromatic heterocycles. The van der Waals surface area contributed by atoms with E-state index in [2.05, 4.69) is 21.2 Å². The number of ether oxygens (including phenoxy) is 1. The molecular weight excluding hydrogens is 536 g/mol. The third-order valence-electron chi connectivity index (χ3n) is 5.62. The van der Waals surface area contributed by atoms with Gasteiger partial charge in [-0.05, 0) is 54.8 Å². The second-order valence-electron chi connectivity index (χ2n) is 8.86. The molecule has 3 aromatic rings. The van der Waals surface area contributed by atoms with Gasteiger partial charge >= 0.3 is 0 Å². The molecular formula is C29H33BrN2O3S. The largest absolute Gasteiger partial charge is 0.497 e. The second-order valence-corrected chi connectivity index (χ2v) is 10.8. The number of rotatable bonds is 12. The summed E-state index contributed by atoms with van der Waals surface area (Å²) in [6.07, 6.45) is 0.449. The summed E-state index contributed by atoms with van der Waals surface area (Å²) >= 11 is 5.02. The zero-order valence-corrected chi connectivity index (χ0v) is 23.3. The summed E-state index contributed by atoms with van der Waals surface area (Å²) in [5, 5.41) is 3.03. The highest BCUT2D eigenvalue weighted by atomic mass is 79.9. The fraction of sp³-hybridized carbons (Fsp3) is 0.310. The molecule has 2 amide bonds. The van der Waals surface area contributed by atoms with Gasteiger partial charge in [-0.15, -0.1) is 11.8 Å². The van der Waals surface area contributed by atoms with Crippen molar-refractivity contribution in [3.05, 3.63) is 100 Å². The highest BCUT2D eigenvalue weighted by molar-refractivity contribution is 9.10. The summed E-state index contributed by atoms with van der Waals surface area (Å²) in [7, 11) is 1.64. The maximum Gasteiger partial charge on any atom is 0.243 e. The van der Waals surface area contributed by atoms with Crippen LogP contribution >= 0.6 is 27.7 Å². The Morgan fingerprint density at radius 2 is 1.56 bits per heavy atom. The van der Waals surface area contributed by atoms with E-state index in [4.69, 9.17) is 4.74 Å². The van der Waals surface area contributed by atoms with Crippen LogP contribution in [0.3, 0.4) is 0 Å². The fourth-order valence-corrected chi connectivity index (χ4v) is 4.92. The molecule has 1 N–H and O–H groups in total. The van der Waals surface area contributed by atoms with Gasteiger partial charge in [0.25, 0.3) is 0 Å². The summed E-state index contributed by atoms with van der Waals surface area (Å²) in [4.78, 5) is 28.7. The van der Waals surface area contributed by atoms with Gasteiger partial charge in [0.15, 0.2) is 0 Å². The Morgan fingerprint density at radius 3 is 2.17 bits per heavy atom. The van der Waals surface area contributed by atoms with E-state index in [1.807, 2.05) is 92.7 Å². The van der Waals surface area contributed by atoms with E-state index >= 15 is 0 Å². The maximum atomic E-state index is 13.6. The van der Waals surface area contributed by atoms with E-state index < -0.39 is 6.04 Å². The molecule has 0 aliphatic rings. The van der Waals surface area contributed by atoms with Gasteiger partial charge in [-0.3, -0.25) is 9.59 Å². The summed E-state index contributed by atoms with van der Waals surface area (Å²) < 4.78 is 6.19. The first kappa shape index (κ1) is 27.8. The van der Waals surface area contributed by atoms with Crippen LogP contribution in [0.2, 0.25) is 0 Å². The van der Waals surface area contributed by atoms with Crippen LogP contribution in [0.1, 0.15) is 30.5 Å². The lowest BCUT2D eigenvalue weighted by Gasteiger charge is -2.32. The number of thioether (sulfide) groups is 1. The minimum atomic E-state index is -0.618. The molecule has 0 spiro atoms. The van der Waals surface area contributed by atoms with Gasteiger partial charge in [0.2, 0.25) is 11.8 Å². The zero-order chi connectivity index (χ0) is 25.9. The topological polar surface area (TPSA) is 58.6 Å². The SMILES string of the molecule is COc1ccc(CSCC(=O)N(Cc2ccc(Br)cc2)[C@@H](Cc2ccccc2)C(=O)NC(C)C)cc1. The Morgan fingerprint density at radius 1 is 0.917 bits per heavy atom. The van der Waals surface area contributed by atoms with Crippen molar-refractivity contribution in [3.8, 4) is 5.75 Å². The molecule has 0 heterocycles. The Balaban J connectivity index is 1.81. The van der Waals surface area contributed by atoms with E-state index in [0.29, 0.717) is 18.7 Å². The van der Waals surface area contributed by atoms with Crippen molar-refractivity contribution in [1.29, 1.82) is 0 Å². The highest BCUT2D eigenvalue weighted by Crippen LogP contribution is 2.21. The number of hydrogen-bond donors (Lipinski definition) is 1. The number of halogens is 1. The molecule has 0 aliphatic carbocycles. The normalized spacial score (nSPS) is 11.7. The number of nitrogens with zero attached hydrogens (tertiary/aromatic N) is 1. The molecule has 0 unspecified atom stereocenters. The highest BCUT2D eigenvalue weighted by Gasteiger charge is 2.30. The molecule has 7 heteroatoms. The summed E-state index contributed by atoms with van der Waals surface area (Å²) in [5.74, 6) is 1.59. The molecule has 5 nitrogen and oxygen atoms in total. The summed E-state index contributed by atoms with van der Waals surface area (Å²) in [6.45, 7) is 4.23. The number of benzene rings is 3. The van der Waals surface area contributed by atoms with Crippen LogP contribution in [0, 0.1) is 0 Å². The molecule has 0 fully saturated rings. The minimum Gasteiger partial charge on any atom is -0.497 e. The molecule has 190 valence electrons. The van der Waals surface area contributed by atoms with Gasteiger partial charge in [-0.25, -0.2) is 0 Å². The van der Waals surface area contributed by atoms with Crippen LogP contribution < -0.4 is 10.1 Å². The maximum absolute atomic E-state index is 13.6. The van der Waals surface area contributed by atoms with Crippen molar-refractivity contribution in [2.75, 3.05) is 12.9 Å². The number of methoxy groups -OCH3 is 1. The minimum absolute atomic E-state index is 0.0233. The molecule has 0 radical (unpaired) electrons. The number of hydrogen-bond acceptors (Lipinski definition) is 4. The standard InChI is InChI=1S/C29H33BrN2O3S/c1-21(2)31-29(34)27(17-22-7-5-4-6-8-22)32(18-23-9-13-25(30)14-10-23)28(33)20-36-19-24-11-15-26(35-3)16-12-24/h4-16,21,27H,17-20H2,1-3H3,(H,31,34)/t27-/m0/s1. The molecule has 3 aromatic carbocycles. The van der Waals surface area contributed by atoms with E-state index in [-0.39, 0.29) is 23.6 Å². The second kappa shape index (κ2) is 14.1. The van der Waals surface area contributed by atoms with E-state index in [1.165, 1.54) is 0 Å². The van der Waals surface area contributed by atoms with Crippen molar-refractivity contribution in [2.24, 2.45) is 0 Å². The van der Waals surface area contributed by atoms with Gasteiger partial charge in [0.05, 0.1) is 12.9 Å². The molecule has 3 rings (SSSR count). The lowest BCUT2D eigenvalue weighted by atomic mass is 10.0. The van der Waals surface area contributed by atoms with Crippen LogP contribution in [-0.4, -0.2) is 41.7 Å². The molecule has 1 atom stereocenters. The first-order chi connectivity index (χ1) is 17.4. The number of carbonyl (C=O) groups is 2. The van der Waals surface area contributed by atoms with Crippen LogP contribution in [0.15, 0.2) is 83.3 Å². The molecule has 0 saturated heterocycles. The predicted octanol–water partition coefficient (Wildman–Crippen LogP) is 5.86. The Hall–Kier alpha value is -2.77. The van der Waals surface area contributed by atoms with Crippen molar-refractivity contribution in [3.63, 3.8) is 0 Å². The molecule has 36 heavy (non-hydrogen) atoms. The van der Waals surface area contributed by atoms with E-state index in [1.54, 1.807) is 23.8 Å². The van der Waals surface area contributed by atoms with Gasteiger partial charge in [-0.1, -0.05) is 70.5 Å². The van der Waals surface area contributed by atoms with Gasteiger partial charge in [-0.2, -0.15) is 0 Å². The van der Waals surface area contributed by atoms with E-state index in [0.717, 1.165) is 26.9 Å². The molecule has 0 bridgehead atoms. The average molecular weight is 570 g/mol. The molecule has 0 saturated carbocycles. The third kappa shape index (κ3) is 8.71. The third-order valence-corrected chi connectivity index (χ3v) is 7.14. The lowest BCUT2D eigenvalue weighted by molar-refractivity contribution is -0.139. The smallest absolute Gasteiger partial charge is 0.243 e. The van der Waals surface area contributed by atoms with Crippen LogP contribution in [0.4, 0.5) is 0 Å². The lowest BCUT2D eigenvalue weighted by Crippen LogP contribution is -2.52. The predicted molar refractivity (Wildman–Crippen MR) is 151 cm³/mol. The van der Waals surface area contributed by atoms with Gasteiger partial charge in [0.1, 0.15) is 11.8 Å². The monoisotopic (exact) mass is 568 g/mol. The van der Waals surface area contributed by atoms with Crippen LogP contribution in [-0.2, 0) is 28.3 Å². The van der Waals surface area contributed by atoms with E-state index in [9.17, 15) is 9.59 Å². The molecule has 0 aliphatic heterocycles. The first-order valence-corrected chi connectivity index (χ1v) is 13.9. The average Bonchev–Trinajstić information content (AvgIpc) is 2.87. The van der Waals surface area contributed by atoms with Gasteiger partial charge in [0, 0.05) is 29.2 Å². The van der Waals surface area contributed by atoms with Gasteiger partial charge < -0.3 is 15.0 Å². The number of carbonyl (C=O) groups excluding carboxylic acids is 2. The summed E-state index contributed by atoms with van der Waals surface area (Å²) in [5.41, 5.74) is 3.11. The van der Waals surface area contributed by atoms with Crippen LogP contribution in [0.25, 0.3) is 0 Å². The van der Waals surface area contributed by atoms with Crippen molar-refractivity contribution < 1.29 is 14.3 Å². The Kier molecular flexibility index (Phi) is 10.9. The number of amides is 2. The van der Waals surface area contributed by atoms with Crippen molar-refractivity contribution in [1.82, 2.24) is 10.2 Å².